The average molecular weight is 221 g/mol. The minimum Gasteiger partial charge on any atom is -0.310 e. The number of hydrogen-bond acceptors (Lipinski definition) is 1. The van der Waals surface area contributed by atoms with E-state index in [0.717, 1.165) is 30.0 Å². The Morgan fingerprint density at radius 3 is 2.69 bits per heavy atom. The zero-order valence-electron chi connectivity index (χ0n) is 10.1. The topological polar surface area (TPSA) is 12.0 Å². The van der Waals surface area contributed by atoms with E-state index in [1.807, 2.05) is 6.92 Å². The molecule has 1 saturated carbocycles. The summed E-state index contributed by atoms with van der Waals surface area (Å²) in [7, 11) is 0. The predicted octanol–water partition coefficient (Wildman–Crippen LogP) is 3.58. The van der Waals surface area contributed by atoms with Crippen molar-refractivity contribution < 1.29 is 4.39 Å². The van der Waals surface area contributed by atoms with E-state index >= 15 is 0 Å². The molecule has 2 rings (SSSR count). The second-order valence-electron chi connectivity index (χ2n) is 4.85. The Labute approximate surface area is 97.1 Å². The maximum atomic E-state index is 13.4. The maximum Gasteiger partial charge on any atom is 0.123 e. The van der Waals surface area contributed by atoms with Crippen LogP contribution >= 0.6 is 0 Å². The lowest BCUT2D eigenvalue weighted by atomic mass is 9.99. The quantitative estimate of drug-likeness (QED) is 0.801. The van der Waals surface area contributed by atoms with Gasteiger partial charge in [0, 0.05) is 6.04 Å². The van der Waals surface area contributed by atoms with Crippen LogP contribution in [0.2, 0.25) is 0 Å². The van der Waals surface area contributed by atoms with Gasteiger partial charge in [0.2, 0.25) is 0 Å². The molecule has 1 aromatic carbocycles. The van der Waals surface area contributed by atoms with Gasteiger partial charge in [0.1, 0.15) is 5.82 Å². The van der Waals surface area contributed by atoms with Gasteiger partial charge >= 0.3 is 0 Å². The lowest BCUT2D eigenvalue weighted by Gasteiger charge is -2.18. The summed E-state index contributed by atoms with van der Waals surface area (Å²) in [5.41, 5.74) is 2.11. The van der Waals surface area contributed by atoms with Gasteiger partial charge < -0.3 is 5.32 Å². The standard InChI is InChI=1S/C14H20FN/c1-3-16-14(8-11-4-5-11)12-6-10(2)7-13(15)9-12/h6-7,9,11,14,16H,3-5,8H2,1-2H3. The minimum atomic E-state index is -0.117. The first-order valence-electron chi connectivity index (χ1n) is 6.19. The van der Waals surface area contributed by atoms with Crippen LogP contribution in [0.5, 0.6) is 0 Å². The molecule has 0 radical (unpaired) electrons. The second-order valence-corrected chi connectivity index (χ2v) is 4.85. The molecule has 88 valence electrons. The Morgan fingerprint density at radius 1 is 1.38 bits per heavy atom. The van der Waals surface area contributed by atoms with Gasteiger partial charge in [-0.05, 0) is 49.1 Å². The first kappa shape index (κ1) is 11.6. The number of rotatable bonds is 5. The fraction of sp³-hybridized carbons (Fsp3) is 0.571. The third-order valence-corrected chi connectivity index (χ3v) is 3.18. The lowest BCUT2D eigenvalue weighted by Crippen LogP contribution is -2.21. The number of nitrogens with one attached hydrogen (secondary N) is 1. The highest BCUT2D eigenvalue weighted by Crippen LogP contribution is 2.37. The molecule has 1 N–H and O–H groups in total. The molecule has 2 heteroatoms. The van der Waals surface area contributed by atoms with Crippen molar-refractivity contribution in [3.05, 3.63) is 35.1 Å². The normalized spacial score (nSPS) is 17.4. The highest BCUT2D eigenvalue weighted by molar-refractivity contribution is 5.26. The molecule has 0 aliphatic heterocycles. The van der Waals surface area contributed by atoms with Crippen molar-refractivity contribution in [3.8, 4) is 0 Å². The van der Waals surface area contributed by atoms with Gasteiger partial charge in [-0.25, -0.2) is 4.39 Å². The first-order valence-corrected chi connectivity index (χ1v) is 6.19. The molecule has 0 aromatic heterocycles. The molecule has 0 saturated heterocycles. The Morgan fingerprint density at radius 2 is 2.12 bits per heavy atom. The second kappa shape index (κ2) is 4.96. The summed E-state index contributed by atoms with van der Waals surface area (Å²) in [6.45, 7) is 4.99. The van der Waals surface area contributed by atoms with Crippen LogP contribution in [0.15, 0.2) is 18.2 Å². The number of halogens is 1. The van der Waals surface area contributed by atoms with E-state index in [9.17, 15) is 4.39 Å². The van der Waals surface area contributed by atoms with E-state index in [1.165, 1.54) is 12.8 Å². The van der Waals surface area contributed by atoms with Crippen molar-refractivity contribution in [1.29, 1.82) is 0 Å². The summed E-state index contributed by atoms with van der Waals surface area (Å²) >= 11 is 0. The molecule has 0 spiro atoms. The van der Waals surface area contributed by atoms with Crippen LogP contribution in [-0.4, -0.2) is 6.54 Å². The summed E-state index contributed by atoms with van der Waals surface area (Å²) in [5, 5.41) is 3.46. The molecular formula is C14H20FN. The molecule has 1 unspecified atom stereocenters. The van der Waals surface area contributed by atoms with Crippen molar-refractivity contribution in [3.63, 3.8) is 0 Å². The Balaban J connectivity index is 2.15. The van der Waals surface area contributed by atoms with Gasteiger partial charge in [0.25, 0.3) is 0 Å². The summed E-state index contributed by atoms with van der Waals surface area (Å²) in [5.74, 6) is 0.737. The molecule has 1 aliphatic carbocycles. The molecule has 1 atom stereocenters. The van der Waals surface area contributed by atoms with Gasteiger partial charge in [-0.3, -0.25) is 0 Å². The molecule has 1 nitrogen and oxygen atoms in total. The number of hydrogen-bond donors (Lipinski definition) is 1. The van der Waals surface area contributed by atoms with Crippen LogP contribution in [0, 0.1) is 18.7 Å². The van der Waals surface area contributed by atoms with Crippen molar-refractivity contribution in [2.45, 2.75) is 39.2 Å². The van der Waals surface area contributed by atoms with E-state index in [4.69, 9.17) is 0 Å². The molecule has 1 aliphatic rings. The average Bonchev–Trinajstić information content (AvgIpc) is 2.99. The zero-order chi connectivity index (χ0) is 11.5. The lowest BCUT2D eigenvalue weighted by molar-refractivity contribution is 0.483. The largest absolute Gasteiger partial charge is 0.310 e. The smallest absolute Gasteiger partial charge is 0.123 e. The van der Waals surface area contributed by atoms with Gasteiger partial charge in [-0.2, -0.15) is 0 Å². The van der Waals surface area contributed by atoms with E-state index in [-0.39, 0.29) is 5.82 Å². The Bertz CT molecular complexity index is 338. The highest BCUT2D eigenvalue weighted by atomic mass is 19.1. The fourth-order valence-electron chi connectivity index (χ4n) is 2.24. The summed E-state index contributed by atoms with van der Waals surface area (Å²) in [6.07, 6.45) is 3.84. The Hall–Kier alpha value is -0.890. The predicted molar refractivity (Wildman–Crippen MR) is 64.9 cm³/mol. The van der Waals surface area contributed by atoms with Crippen LogP contribution in [0.4, 0.5) is 4.39 Å². The van der Waals surface area contributed by atoms with Crippen LogP contribution in [0.1, 0.15) is 43.4 Å². The third-order valence-electron chi connectivity index (χ3n) is 3.18. The summed E-state index contributed by atoms with van der Waals surface area (Å²) in [4.78, 5) is 0. The van der Waals surface area contributed by atoms with Crippen molar-refractivity contribution in [2.75, 3.05) is 6.54 Å². The highest BCUT2D eigenvalue weighted by Gasteiger charge is 2.26. The van der Waals surface area contributed by atoms with Gasteiger partial charge in [0.15, 0.2) is 0 Å². The molecule has 1 fully saturated rings. The zero-order valence-corrected chi connectivity index (χ0v) is 10.1. The third kappa shape index (κ3) is 3.05. The molecule has 0 amide bonds. The molecule has 16 heavy (non-hydrogen) atoms. The van der Waals surface area contributed by atoms with E-state index in [2.05, 4.69) is 18.3 Å². The van der Waals surface area contributed by atoms with E-state index in [1.54, 1.807) is 12.1 Å². The van der Waals surface area contributed by atoms with Crippen molar-refractivity contribution in [2.24, 2.45) is 5.92 Å². The molecule has 0 bridgehead atoms. The SMILES string of the molecule is CCNC(CC1CC1)c1cc(C)cc(F)c1. The first-order chi connectivity index (χ1) is 7.69. The van der Waals surface area contributed by atoms with Crippen molar-refractivity contribution >= 4 is 0 Å². The van der Waals surface area contributed by atoms with Gasteiger partial charge in [-0.15, -0.1) is 0 Å². The van der Waals surface area contributed by atoms with Crippen LogP contribution < -0.4 is 5.32 Å². The summed E-state index contributed by atoms with van der Waals surface area (Å²) in [6, 6.07) is 5.68. The van der Waals surface area contributed by atoms with Crippen LogP contribution in [-0.2, 0) is 0 Å². The fourth-order valence-corrected chi connectivity index (χ4v) is 2.24. The van der Waals surface area contributed by atoms with E-state index in [0.29, 0.717) is 6.04 Å². The summed E-state index contributed by atoms with van der Waals surface area (Å²) < 4.78 is 13.4. The van der Waals surface area contributed by atoms with Crippen LogP contribution in [0.25, 0.3) is 0 Å². The van der Waals surface area contributed by atoms with Crippen LogP contribution in [0.3, 0.4) is 0 Å². The number of aryl methyl sites for hydroxylation is 1. The van der Waals surface area contributed by atoms with Gasteiger partial charge in [-0.1, -0.05) is 25.8 Å². The molecule has 1 aromatic rings. The number of benzene rings is 1. The van der Waals surface area contributed by atoms with Gasteiger partial charge in [0.05, 0.1) is 0 Å². The maximum absolute atomic E-state index is 13.4. The minimum absolute atomic E-state index is 0.117. The van der Waals surface area contributed by atoms with E-state index < -0.39 is 0 Å². The molecular weight excluding hydrogens is 201 g/mol. The van der Waals surface area contributed by atoms with Crippen molar-refractivity contribution in [1.82, 2.24) is 5.32 Å². The monoisotopic (exact) mass is 221 g/mol. The molecule has 0 heterocycles. The Kier molecular flexibility index (Phi) is 3.59.